The molecule has 0 radical (unpaired) electrons. The van der Waals surface area contributed by atoms with Crippen molar-refractivity contribution in [2.24, 2.45) is 11.7 Å². The minimum atomic E-state index is -0.493. The van der Waals surface area contributed by atoms with Crippen LogP contribution in [-0.4, -0.2) is 19.1 Å². The van der Waals surface area contributed by atoms with Gasteiger partial charge < -0.3 is 16.4 Å². The fourth-order valence-electron chi connectivity index (χ4n) is 4.41. The number of nitrogens with one attached hydrogen (secondary N) is 2. The van der Waals surface area contributed by atoms with Crippen LogP contribution in [0.4, 0.5) is 10.5 Å². The smallest absolute Gasteiger partial charge is 0.316 e. The Bertz CT molecular complexity index is 739. The summed E-state index contributed by atoms with van der Waals surface area (Å²) in [7, 11) is 0. The van der Waals surface area contributed by atoms with E-state index in [9.17, 15) is 4.79 Å². The Labute approximate surface area is 162 Å². The van der Waals surface area contributed by atoms with Gasteiger partial charge in [0, 0.05) is 5.69 Å². The number of nitrogens with two attached hydrogens (primary N) is 1. The summed E-state index contributed by atoms with van der Waals surface area (Å²) in [6.07, 6.45) is 5.49. The van der Waals surface area contributed by atoms with Gasteiger partial charge in [-0.05, 0) is 79.8 Å². The van der Waals surface area contributed by atoms with E-state index in [1.165, 1.54) is 29.5 Å². The molecule has 2 amide bonds. The molecule has 4 heteroatoms. The van der Waals surface area contributed by atoms with Crippen LogP contribution in [0.2, 0.25) is 0 Å². The summed E-state index contributed by atoms with van der Waals surface area (Å²) in [5.41, 5.74) is 10.3. The van der Waals surface area contributed by atoms with Crippen molar-refractivity contribution < 1.29 is 4.79 Å². The normalized spacial score (nSPS) is 18.0. The number of rotatable bonds is 7. The molecule has 1 aliphatic heterocycles. The molecule has 3 rings (SSSR count). The molecule has 0 bridgehead atoms. The maximum absolute atomic E-state index is 11.6. The van der Waals surface area contributed by atoms with Crippen LogP contribution in [-0.2, 0) is 12.8 Å². The average molecular weight is 366 g/mol. The number of aryl methyl sites for hydroxylation is 2. The Morgan fingerprint density at radius 1 is 1.22 bits per heavy atom. The predicted octanol–water partition coefficient (Wildman–Crippen LogP) is 4.46. The number of piperidine rings is 1. The van der Waals surface area contributed by atoms with E-state index < -0.39 is 6.03 Å². The number of benzene rings is 2. The third-order valence-electron chi connectivity index (χ3n) is 5.70. The highest BCUT2D eigenvalue weighted by Gasteiger charge is 2.28. The molecular formula is C23H31N3O. The van der Waals surface area contributed by atoms with E-state index in [2.05, 4.69) is 54.0 Å². The summed E-state index contributed by atoms with van der Waals surface area (Å²) >= 11 is 0. The Morgan fingerprint density at radius 3 is 2.70 bits per heavy atom. The van der Waals surface area contributed by atoms with Crippen LogP contribution in [0.3, 0.4) is 0 Å². The summed E-state index contributed by atoms with van der Waals surface area (Å²) < 4.78 is 0. The molecule has 2 atom stereocenters. The maximum Gasteiger partial charge on any atom is 0.316 e. The molecule has 1 saturated heterocycles. The van der Waals surface area contributed by atoms with E-state index >= 15 is 0 Å². The van der Waals surface area contributed by atoms with Gasteiger partial charge in [0.05, 0.1) is 0 Å². The van der Waals surface area contributed by atoms with E-state index in [-0.39, 0.29) is 0 Å². The minimum Gasteiger partial charge on any atom is -0.351 e. The zero-order chi connectivity index (χ0) is 19.1. The summed E-state index contributed by atoms with van der Waals surface area (Å²) in [5, 5.41) is 6.45. The average Bonchev–Trinajstić information content (AvgIpc) is 2.70. The number of urea groups is 1. The van der Waals surface area contributed by atoms with Crippen molar-refractivity contribution in [1.29, 1.82) is 0 Å². The SMILES string of the molecule is CCc1cccc(NC(N)=O)c1C(CCc1ccccc1)C1CCCNC1. The summed E-state index contributed by atoms with van der Waals surface area (Å²) in [4.78, 5) is 11.6. The second-order valence-electron chi connectivity index (χ2n) is 7.46. The highest BCUT2D eigenvalue weighted by molar-refractivity contribution is 5.89. The van der Waals surface area contributed by atoms with Gasteiger partial charge in [-0.25, -0.2) is 4.79 Å². The highest BCUT2D eigenvalue weighted by Crippen LogP contribution is 2.39. The lowest BCUT2D eigenvalue weighted by Crippen LogP contribution is -2.34. The standard InChI is InChI=1S/C23H31N3O/c1-2-18-10-6-12-21(26-23(24)27)22(18)20(19-11-7-15-25-16-19)14-13-17-8-4-3-5-9-17/h3-6,8-10,12,19-20,25H,2,7,11,13-16H2,1H3,(H3,24,26,27). The van der Waals surface area contributed by atoms with Crippen molar-refractivity contribution in [2.75, 3.05) is 18.4 Å². The van der Waals surface area contributed by atoms with E-state index in [4.69, 9.17) is 5.73 Å². The van der Waals surface area contributed by atoms with E-state index in [1.807, 2.05) is 12.1 Å². The lowest BCUT2D eigenvalue weighted by Gasteiger charge is -2.34. The first kappa shape index (κ1) is 19.4. The molecule has 27 heavy (non-hydrogen) atoms. The zero-order valence-corrected chi connectivity index (χ0v) is 16.2. The van der Waals surface area contributed by atoms with Gasteiger partial charge in [0.25, 0.3) is 0 Å². The van der Waals surface area contributed by atoms with Gasteiger partial charge in [0.1, 0.15) is 0 Å². The quantitative estimate of drug-likeness (QED) is 0.678. The maximum atomic E-state index is 11.6. The molecule has 1 aliphatic rings. The first-order chi connectivity index (χ1) is 13.2. The molecule has 4 nitrogen and oxygen atoms in total. The van der Waals surface area contributed by atoms with E-state index in [0.717, 1.165) is 38.0 Å². The topological polar surface area (TPSA) is 67.1 Å². The van der Waals surface area contributed by atoms with E-state index in [0.29, 0.717) is 11.8 Å². The van der Waals surface area contributed by atoms with Crippen molar-refractivity contribution in [3.63, 3.8) is 0 Å². The van der Waals surface area contributed by atoms with Gasteiger partial charge in [-0.2, -0.15) is 0 Å². The Morgan fingerprint density at radius 2 is 2.04 bits per heavy atom. The second-order valence-corrected chi connectivity index (χ2v) is 7.46. The van der Waals surface area contributed by atoms with Gasteiger partial charge in [-0.3, -0.25) is 0 Å². The van der Waals surface area contributed by atoms with Crippen LogP contribution in [0.5, 0.6) is 0 Å². The second kappa shape index (κ2) is 9.56. The van der Waals surface area contributed by atoms with Crippen molar-refractivity contribution in [3.8, 4) is 0 Å². The molecule has 0 aromatic heterocycles. The van der Waals surface area contributed by atoms with E-state index in [1.54, 1.807) is 0 Å². The van der Waals surface area contributed by atoms with Crippen molar-refractivity contribution >= 4 is 11.7 Å². The van der Waals surface area contributed by atoms with Crippen LogP contribution >= 0.6 is 0 Å². The number of carbonyl (C=O) groups excluding carboxylic acids is 1. The fraction of sp³-hybridized carbons (Fsp3) is 0.435. The third-order valence-corrected chi connectivity index (χ3v) is 5.70. The zero-order valence-electron chi connectivity index (χ0n) is 16.2. The lowest BCUT2D eigenvalue weighted by atomic mass is 9.76. The molecule has 2 unspecified atom stereocenters. The minimum absolute atomic E-state index is 0.399. The molecule has 0 spiro atoms. The van der Waals surface area contributed by atoms with Crippen molar-refractivity contribution in [2.45, 2.75) is 44.9 Å². The van der Waals surface area contributed by atoms with Gasteiger partial charge in [0.2, 0.25) is 0 Å². The Balaban J connectivity index is 1.94. The van der Waals surface area contributed by atoms with Crippen molar-refractivity contribution in [3.05, 3.63) is 65.2 Å². The Hall–Kier alpha value is -2.33. The molecule has 0 aliphatic carbocycles. The number of primary amides is 1. The number of hydrogen-bond donors (Lipinski definition) is 3. The van der Waals surface area contributed by atoms with Gasteiger partial charge in [-0.15, -0.1) is 0 Å². The summed E-state index contributed by atoms with van der Waals surface area (Å²) in [5.74, 6) is 0.972. The van der Waals surface area contributed by atoms with Crippen LogP contribution in [0.1, 0.15) is 48.8 Å². The van der Waals surface area contributed by atoms with Crippen molar-refractivity contribution in [1.82, 2.24) is 5.32 Å². The van der Waals surface area contributed by atoms with Gasteiger partial charge in [0.15, 0.2) is 0 Å². The lowest BCUT2D eigenvalue weighted by molar-refractivity contribution is 0.259. The molecule has 2 aromatic rings. The van der Waals surface area contributed by atoms with Crippen LogP contribution in [0.25, 0.3) is 0 Å². The van der Waals surface area contributed by atoms with Crippen LogP contribution in [0.15, 0.2) is 48.5 Å². The fourth-order valence-corrected chi connectivity index (χ4v) is 4.41. The van der Waals surface area contributed by atoms with Crippen LogP contribution < -0.4 is 16.4 Å². The highest BCUT2D eigenvalue weighted by atomic mass is 16.2. The monoisotopic (exact) mass is 365 g/mol. The van der Waals surface area contributed by atoms with Gasteiger partial charge >= 0.3 is 6.03 Å². The predicted molar refractivity (Wildman–Crippen MR) is 112 cm³/mol. The first-order valence-electron chi connectivity index (χ1n) is 10.1. The summed E-state index contributed by atoms with van der Waals surface area (Å²) in [6.45, 7) is 4.32. The first-order valence-corrected chi connectivity index (χ1v) is 10.1. The molecule has 1 fully saturated rings. The third kappa shape index (κ3) is 5.10. The molecule has 0 saturated carbocycles. The Kier molecular flexibility index (Phi) is 6.88. The van der Waals surface area contributed by atoms with Crippen LogP contribution in [0, 0.1) is 5.92 Å². The molecule has 2 aromatic carbocycles. The van der Waals surface area contributed by atoms with Gasteiger partial charge in [-0.1, -0.05) is 49.4 Å². The number of amides is 2. The molecule has 4 N–H and O–H groups in total. The number of carbonyl (C=O) groups is 1. The number of anilines is 1. The molecule has 1 heterocycles. The number of hydrogen-bond acceptors (Lipinski definition) is 2. The summed E-state index contributed by atoms with van der Waals surface area (Å²) in [6, 6.07) is 16.4. The molecule has 144 valence electrons. The molecular weight excluding hydrogens is 334 g/mol. The largest absolute Gasteiger partial charge is 0.351 e.